The second-order valence-electron chi connectivity index (χ2n) is 6.17. The van der Waals surface area contributed by atoms with Crippen molar-refractivity contribution in [3.05, 3.63) is 89.9 Å². The van der Waals surface area contributed by atoms with Crippen LogP contribution in [0, 0.1) is 28.8 Å². The summed E-state index contributed by atoms with van der Waals surface area (Å²) in [6.07, 6.45) is 1.42. The summed E-state index contributed by atoms with van der Waals surface area (Å²) in [6.45, 7) is 0. The van der Waals surface area contributed by atoms with Gasteiger partial charge in [-0.15, -0.1) is 5.10 Å². The van der Waals surface area contributed by atoms with Gasteiger partial charge in [0.15, 0.2) is 5.82 Å². The number of rotatable bonds is 3. The summed E-state index contributed by atoms with van der Waals surface area (Å²) >= 11 is 0. The SMILES string of the molecule is N#Cc1cc(F)ccc1-c1cc(-c2cnnc(-c3ccc(F)cc3)n2)ccc1F. The van der Waals surface area contributed by atoms with Crippen molar-refractivity contribution in [3.63, 3.8) is 0 Å². The van der Waals surface area contributed by atoms with E-state index in [1.54, 1.807) is 0 Å². The third kappa shape index (κ3) is 3.69. The van der Waals surface area contributed by atoms with Gasteiger partial charge in [-0.3, -0.25) is 0 Å². The minimum Gasteiger partial charge on any atom is -0.225 e. The summed E-state index contributed by atoms with van der Waals surface area (Å²) in [5.41, 5.74) is 1.96. The Bertz CT molecular complexity index is 1250. The molecule has 7 heteroatoms. The van der Waals surface area contributed by atoms with Crippen molar-refractivity contribution in [2.45, 2.75) is 0 Å². The van der Waals surface area contributed by atoms with Gasteiger partial charge in [0.25, 0.3) is 0 Å². The van der Waals surface area contributed by atoms with Gasteiger partial charge in [-0.25, -0.2) is 18.2 Å². The maximum Gasteiger partial charge on any atom is 0.182 e. The highest BCUT2D eigenvalue weighted by molar-refractivity contribution is 5.76. The van der Waals surface area contributed by atoms with Crippen molar-refractivity contribution >= 4 is 0 Å². The molecule has 0 unspecified atom stereocenters. The van der Waals surface area contributed by atoms with Crippen LogP contribution in [-0.2, 0) is 0 Å². The van der Waals surface area contributed by atoms with Crippen LogP contribution in [0.1, 0.15) is 5.56 Å². The molecule has 1 aromatic heterocycles. The van der Waals surface area contributed by atoms with Gasteiger partial charge in [-0.1, -0.05) is 6.07 Å². The molecule has 1 heterocycles. The van der Waals surface area contributed by atoms with Crippen molar-refractivity contribution in [2.75, 3.05) is 0 Å². The fraction of sp³-hybridized carbons (Fsp3) is 0. The quantitative estimate of drug-likeness (QED) is 0.486. The van der Waals surface area contributed by atoms with Crippen LogP contribution in [0.25, 0.3) is 33.8 Å². The molecule has 140 valence electrons. The Morgan fingerprint density at radius 1 is 0.759 bits per heavy atom. The van der Waals surface area contributed by atoms with Crippen LogP contribution >= 0.6 is 0 Å². The van der Waals surface area contributed by atoms with Crippen LogP contribution in [0.5, 0.6) is 0 Å². The first-order valence-electron chi connectivity index (χ1n) is 8.51. The fourth-order valence-electron chi connectivity index (χ4n) is 2.90. The van der Waals surface area contributed by atoms with E-state index in [0.717, 1.165) is 6.07 Å². The molecule has 4 rings (SSSR count). The van der Waals surface area contributed by atoms with E-state index >= 15 is 0 Å². The third-order valence-electron chi connectivity index (χ3n) is 4.32. The smallest absolute Gasteiger partial charge is 0.182 e. The van der Waals surface area contributed by atoms with E-state index in [4.69, 9.17) is 0 Å². The Labute approximate surface area is 163 Å². The van der Waals surface area contributed by atoms with E-state index in [1.165, 1.54) is 60.8 Å². The molecule has 0 saturated heterocycles. The molecule has 0 bridgehead atoms. The highest BCUT2D eigenvalue weighted by Gasteiger charge is 2.14. The summed E-state index contributed by atoms with van der Waals surface area (Å²) < 4.78 is 41.1. The highest BCUT2D eigenvalue weighted by Crippen LogP contribution is 2.31. The molecular formula is C22H11F3N4. The molecule has 0 atom stereocenters. The molecule has 0 radical (unpaired) electrons. The van der Waals surface area contributed by atoms with E-state index in [0.29, 0.717) is 16.8 Å². The fourth-order valence-corrected chi connectivity index (χ4v) is 2.90. The molecule has 0 amide bonds. The third-order valence-corrected chi connectivity index (χ3v) is 4.32. The maximum absolute atomic E-state index is 14.5. The number of hydrogen-bond donors (Lipinski definition) is 0. The lowest BCUT2D eigenvalue weighted by Gasteiger charge is -2.09. The van der Waals surface area contributed by atoms with E-state index in [-0.39, 0.29) is 28.3 Å². The summed E-state index contributed by atoms with van der Waals surface area (Å²) in [5.74, 6) is -1.23. The topological polar surface area (TPSA) is 62.5 Å². The Kier molecular flexibility index (Phi) is 4.75. The number of nitrogens with zero attached hydrogens (tertiary/aromatic N) is 4. The lowest BCUT2D eigenvalue weighted by Crippen LogP contribution is -1.96. The molecular weight excluding hydrogens is 377 g/mol. The Hall–Kier alpha value is -4.05. The van der Waals surface area contributed by atoms with E-state index in [2.05, 4.69) is 15.2 Å². The molecule has 0 spiro atoms. The average Bonchev–Trinajstić information content (AvgIpc) is 2.75. The molecule has 0 fully saturated rings. The van der Waals surface area contributed by atoms with Crippen LogP contribution in [0.3, 0.4) is 0 Å². The van der Waals surface area contributed by atoms with Crippen LogP contribution < -0.4 is 0 Å². The number of nitriles is 1. The van der Waals surface area contributed by atoms with Crippen molar-refractivity contribution in [2.24, 2.45) is 0 Å². The zero-order chi connectivity index (χ0) is 20.4. The first-order valence-corrected chi connectivity index (χ1v) is 8.51. The van der Waals surface area contributed by atoms with Gasteiger partial charge in [-0.2, -0.15) is 10.4 Å². The number of hydrogen-bond acceptors (Lipinski definition) is 4. The van der Waals surface area contributed by atoms with Gasteiger partial charge in [0.05, 0.1) is 23.5 Å². The number of benzene rings is 3. The van der Waals surface area contributed by atoms with Gasteiger partial charge in [-0.05, 0) is 54.6 Å². The van der Waals surface area contributed by atoms with Gasteiger partial charge in [0, 0.05) is 22.3 Å². The number of halogens is 3. The van der Waals surface area contributed by atoms with Gasteiger partial charge < -0.3 is 0 Å². The molecule has 4 aromatic rings. The Balaban J connectivity index is 1.80. The standard InChI is InChI=1S/C22H11F3N4/c23-16-4-1-13(2-5-16)22-28-21(12-27-29-22)14-3-8-20(25)19(10-14)18-7-6-17(24)9-15(18)11-26/h1-10,12H. The minimum absolute atomic E-state index is 0.0221. The zero-order valence-corrected chi connectivity index (χ0v) is 14.8. The predicted molar refractivity (Wildman–Crippen MR) is 101 cm³/mol. The molecule has 4 nitrogen and oxygen atoms in total. The summed E-state index contributed by atoms with van der Waals surface area (Å²) in [5, 5.41) is 17.2. The van der Waals surface area contributed by atoms with Gasteiger partial charge in [0.1, 0.15) is 17.5 Å². The monoisotopic (exact) mass is 388 g/mol. The van der Waals surface area contributed by atoms with Crippen LogP contribution in [0.2, 0.25) is 0 Å². The molecule has 0 N–H and O–H groups in total. The lowest BCUT2D eigenvalue weighted by atomic mass is 9.97. The normalized spacial score (nSPS) is 10.6. The van der Waals surface area contributed by atoms with E-state index in [1.807, 2.05) is 6.07 Å². The molecule has 0 aliphatic rings. The van der Waals surface area contributed by atoms with E-state index < -0.39 is 11.6 Å². The largest absolute Gasteiger partial charge is 0.225 e. The predicted octanol–water partition coefficient (Wildman–Crippen LogP) is 5.16. The average molecular weight is 388 g/mol. The van der Waals surface area contributed by atoms with Gasteiger partial charge in [0.2, 0.25) is 0 Å². The highest BCUT2D eigenvalue weighted by atomic mass is 19.1. The van der Waals surface area contributed by atoms with Crippen molar-refractivity contribution in [3.8, 4) is 39.8 Å². The Morgan fingerprint density at radius 2 is 1.48 bits per heavy atom. The maximum atomic E-state index is 14.5. The molecule has 29 heavy (non-hydrogen) atoms. The van der Waals surface area contributed by atoms with Crippen molar-refractivity contribution in [1.29, 1.82) is 5.26 Å². The van der Waals surface area contributed by atoms with Gasteiger partial charge >= 0.3 is 0 Å². The number of aromatic nitrogens is 3. The second kappa shape index (κ2) is 7.52. The van der Waals surface area contributed by atoms with Crippen LogP contribution in [0.15, 0.2) is 66.9 Å². The lowest BCUT2D eigenvalue weighted by molar-refractivity contribution is 0.625. The first kappa shape index (κ1) is 18.3. The van der Waals surface area contributed by atoms with Crippen LogP contribution in [-0.4, -0.2) is 15.2 Å². The summed E-state index contributed by atoms with van der Waals surface area (Å²) in [4.78, 5) is 4.42. The zero-order valence-electron chi connectivity index (χ0n) is 14.8. The van der Waals surface area contributed by atoms with Crippen LogP contribution in [0.4, 0.5) is 13.2 Å². The van der Waals surface area contributed by atoms with Crippen molar-refractivity contribution in [1.82, 2.24) is 15.2 Å². The Morgan fingerprint density at radius 3 is 2.24 bits per heavy atom. The molecule has 0 aliphatic carbocycles. The first-order chi connectivity index (χ1) is 14.0. The molecule has 0 saturated carbocycles. The second-order valence-corrected chi connectivity index (χ2v) is 6.17. The van der Waals surface area contributed by atoms with E-state index in [9.17, 15) is 18.4 Å². The molecule has 3 aromatic carbocycles. The minimum atomic E-state index is -0.578. The summed E-state index contributed by atoms with van der Waals surface area (Å²) in [6, 6.07) is 15.4. The molecule has 0 aliphatic heterocycles. The summed E-state index contributed by atoms with van der Waals surface area (Å²) in [7, 11) is 0. The van der Waals surface area contributed by atoms with Crippen molar-refractivity contribution < 1.29 is 13.2 Å².